The third-order valence-corrected chi connectivity index (χ3v) is 4.86. The lowest BCUT2D eigenvalue weighted by Gasteiger charge is -2.34. The molecule has 1 heterocycles. The van der Waals surface area contributed by atoms with Gasteiger partial charge in [0.1, 0.15) is 11.6 Å². The van der Waals surface area contributed by atoms with Gasteiger partial charge in [-0.05, 0) is 28.1 Å². The summed E-state index contributed by atoms with van der Waals surface area (Å²) in [5.41, 5.74) is 0.163. The third kappa shape index (κ3) is 3.25. The molecular formula is C13H16BrF2NS. The van der Waals surface area contributed by atoms with Gasteiger partial charge in [0.15, 0.2) is 0 Å². The van der Waals surface area contributed by atoms with Gasteiger partial charge in [0.25, 0.3) is 0 Å². The molecule has 1 aromatic rings. The maximum absolute atomic E-state index is 13.9. The second kappa shape index (κ2) is 5.88. The fourth-order valence-corrected chi connectivity index (χ4v) is 4.11. The first-order chi connectivity index (χ1) is 8.47. The Bertz CT molecular complexity index is 431. The highest BCUT2D eigenvalue weighted by atomic mass is 79.9. The Balaban J connectivity index is 2.16. The number of rotatable bonds is 2. The van der Waals surface area contributed by atoms with E-state index in [0.717, 1.165) is 13.1 Å². The molecule has 0 saturated carbocycles. The van der Waals surface area contributed by atoms with E-state index in [4.69, 9.17) is 0 Å². The Labute approximate surface area is 119 Å². The average molecular weight is 336 g/mol. The zero-order chi connectivity index (χ0) is 13.3. The van der Waals surface area contributed by atoms with Crippen molar-refractivity contribution in [1.82, 2.24) is 4.90 Å². The Morgan fingerprint density at radius 3 is 2.50 bits per heavy atom. The fraction of sp³-hybridized carbons (Fsp3) is 0.538. The molecule has 1 fully saturated rings. The smallest absolute Gasteiger partial charge is 0.144 e. The van der Waals surface area contributed by atoms with Gasteiger partial charge in [-0.2, -0.15) is 11.8 Å². The molecule has 1 saturated heterocycles. The predicted octanol–water partition coefficient (Wildman–Crippen LogP) is 4.05. The summed E-state index contributed by atoms with van der Waals surface area (Å²) >= 11 is 5.03. The largest absolute Gasteiger partial charge is 0.297 e. The molecule has 0 radical (unpaired) electrons. The van der Waals surface area contributed by atoms with Crippen LogP contribution in [-0.2, 0) is 6.54 Å². The summed E-state index contributed by atoms with van der Waals surface area (Å²) in [6.07, 6.45) is 0. The number of thioether (sulfide) groups is 1. The lowest BCUT2D eigenvalue weighted by molar-refractivity contribution is 0.255. The second-order valence-corrected chi connectivity index (χ2v) is 7.51. The molecule has 0 N–H and O–H groups in total. The van der Waals surface area contributed by atoms with E-state index in [1.165, 1.54) is 12.1 Å². The van der Waals surface area contributed by atoms with Gasteiger partial charge in [0.2, 0.25) is 0 Å². The van der Waals surface area contributed by atoms with Crippen LogP contribution in [0.25, 0.3) is 0 Å². The Kier molecular flexibility index (Phi) is 4.67. The van der Waals surface area contributed by atoms with Crippen LogP contribution in [0.3, 0.4) is 0 Å². The van der Waals surface area contributed by atoms with Gasteiger partial charge in [-0.3, -0.25) is 4.90 Å². The molecule has 0 spiro atoms. The van der Waals surface area contributed by atoms with Gasteiger partial charge in [-0.1, -0.05) is 13.8 Å². The highest BCUT2D eigenvalue weighted by molar-refractivity contribution is 9.10. The van der Waals surface area contributed by atoms with E-state index < -0.39 is 11.6 Å². The minimum Gasteiger partial charge on any atom is -0.297 e. The zero-order valence-electron chi connectivity index (χ0n) is 10.4. The van der Waals surface area contributed by atoms with Crippen molar-refractivity contribution in [3.05, 3.63) is 33.8 Å². The number of hydrogen-bond acceptors (Lipinski definition) is 2. The minimum atomic E-state index is -0.478. The van der Waals surface area contributed by atoms with Crippen LogP contribution in [0.5, 0.6) is 0 Å². The lowest BCUT2D eigenvalue weighted by Crippen LogP contribution is -2.40. The van der Waals surface area contributed by atoms with Crippen molar-refractivity contribution in [2.45, 2.75) is 30.9 Å². The van der Waals surface area contributed by atoms with Crippen molar-refractivity contribution in [3.8, 4) is 0 Å². The van der Waals surface area contributed by atoms with E-state index in [1.807, 2.05) is 11.8 Å². The van der Waals surface area contributed by atoms with Gasteiger partial charge < -0.3 is 0 Å². The first-order valence-corrected chi connectivity index (χ1v) is 7.71. The van der Waals surface area contributed by atoms with E-state index in [2.05, 4.69) is 34.7 Å². The maximum atomic E-state index is 13.9. The molecule has 1 nitrogen and oxygen atoms in total. The molecule has 5 heteroatoms. The summed E-state index contributed by atoms with van der Waals surface area (Å²) in [7, 11) is 0. The van der Waals surface area contributed by atoms with Crippen molar-refractivity contribution in [1.29, 1.82) is 0 Å². The van der Waals surface area contributed by atoms with E-state index >= 15 is 0 Å². The van der Waals surface area contributed by atoms with Crippen LogP contribution in [0, 0.1) is 11.6 Å². The molecule has 18 heavy (non-hydrogen) atoms. The molecule has 0 aliphatic carbocycles. The van der Waals surface area contributed by atoms with Crippen molar-refractivity contribution in [3.63, 3.8) is 0 Å². The number of halogens is 3. The van der Waals surface area contributed by atoms with Gasteiger partial charge in [-0.15, -0.1) is 0 Å². The van der Waals surface area contributed by atoms with Gasteiger partial charge in [-0.25, -0.2) is 8.78 Å². The summed E-state index contributed by atoms with van der Waals surface area (Å²) < 4.78 is 27.9. The first kappa shape index (κ1) is 14.3. The summed E-state index contributed by atoms with van der Waals surface area (Å²) in [6.45, 7) is 6.40. The second-order valence-electron chi connectivity index (χ2n) is 4.77. The Hall–Kier alpha value is -0.130. The van der Waals surface area contributed by atoms with Crippen molar-refractivity contribution in [2.75, 3.05) is 13.1 Å². The molecule has 1 aliphatic rings. The molecule has 0 amide bonds. The van der Waals surface area contributed by atoms with Crippen LogP contribution < -0.4 is 0 Å². The van der Waals surface area contributed by atoms with Gasteiger partial charge in [0, 0.05) is 35.7 Å². The zero-order valence-corrected chi connectivity index (χ0v) is 12.8. The summed E-state index contributed by atoms with van der Waals surface area (Å²) in [4.78, 5) is 2.12. The number of benzene rings is 1. The summed E-state index contributed by atoms with van der Waals surface area (Å²) in [6, 6.07) is 2.72. The van der Waals surface area contributed by atoms with Crippen LogP contribution >= 0.6 is 27.7 Å². The van der Waals surface area contributed by atoms with E-state index in [0.29, 0.717) is 21.5 Å². The number of hydrogen-bond donors (Lipinski definition) is 0. The number of nitrogens with zero attached hydrogens (tertiary/aromatic N) is 1. The first-order valence-electron chi connectivity index (χ1n) is 5.97. The highest BCUT2D eigenvalue weighted by Crippen LogP contribution is 2.28. The molecule has 2 rings (SSSR count). The molecule has 0 aromatic heterocycles. The highest BCUT2D eigenvalue weighted by Gasteiger charge is 2.24. The molecule has 0 bridgehead atoms. The molecule has 1 aliphatic heterocycles. The quantitative estimate of drug-likeness (QED) is 0.750. The fourth-order valence-electron chi connectivity index (χ4n) is 2.35. The summed E-state index contributed by atoms with van der Waals surface area (Å²) in [5, 5.41) is 1.01. The van der Waals surface area contributed by atoms with Crippen LogP contribution in [0.4, 0.5) is 8.78 Å². The van der Waals surface area contributed by atoms with Crippen LogP contribution in [0.2, 0.25) is 0 Å². The van der Waals surface area contributed by atoms with Crippen molar-refractivity contribution in [2.24, 2.45) is 0 Å². The molecular weight excluding hydrogens is 320 g/mol. The van der Waals surface area contributed by atoms with Crippen LogP contribution in [0.1, 0.15) is 19.4 Å². The van der Waals surface area contributed by atoms with E-state index in [9.17, 15) is 8.78 Å². The maximum Gasteiger partial charge on any atom is 0.144 e. The predicted molar refractivity (Wildman–Crippen MR) is 75.9 cm³/mol. The van der Waals surface area contributed by atoms with E-state index in [-0.39, 0.29) is 5.56 Å². The standard InChI is InChI=1S/C13H16BrF2NS/c1-8-5-17(6-9(2)18-8)7-10-12(15)4-3-11(14)13(10)16/h3-4,8-9H,5-7H2,1-2H3. The van der Waals surface area contributed by atoms with Gasteiger partial charge >= 0.3 is 0 Å². The Morgan fingerprint density at radius 1 is 1.28 bits per heavy atom. The minimum absolute atomic E-state index is 0.163. The normalized spacial score (nSPS) is 25.4. The van der Waals surface area contributed by atoms with Crippen LogP contribution in [-0.4, -0.2) is 28.5 Å². The molecule has 100 valence electrons. The lowest BCUT2D eigenvalue weighted by atomic mass is 10.1. The monoisotopic (exact) mass is 335 g/mol. The molecule has 2 unspecified atom stereocenters. The Morgan fingerprint density at radius 2 is 1.89 bits per heavy atom. The average Bonchev–Trinajstić information content (AvgIpc) is 2.28. The van der Waals surface area contributed by atoms with Crippen molar-refractivity contribution >= 4 is 27.7 Å². The van der Waals surface area contributed by atoms with E-state index in [1.54, 1.807) is 0 Å². The van der Waals surface area contributed by atoms with Gasteiger partial charge in [0.05, 0.1) is 4.47 Å². The van der Waals surface area contributed by atoms with Crippen LogP contribution in [0.15, 0.2) is 16.6 Å². The third-order valence-electron chi connectivity index (χ3n) is 3.02. The van der Waals surface area contributed by atoms with Crippen molar-refractivity contribution < 1.29 is 8.78 Å². The topological polar surface area (TPSA) is 3.24 Å². The molecule has 1 aromatic carbocycles. The summed E-state index contributed by atoms with van der Waals surface area (Å²) in [5.74, 6) is -0.942. The molecule has 2 atom stereocenters. The SMILES string of the molecule is CC1CN(Cc2c(F)ccc(Br)c2F)CC(C)S1.